The van der Waals surface area contributed by atoms with Gasteiger partial charge in [0.25, 0.3) is 0 Å². The number of aliphatic hydroxyl groups excluding tert-OH is 1. The van der Waals surface area contributed by atoms with Crippen LogP contribution in [0.4, 0.5) is 0 Å². The number of rotatable bonds is 0. The fraction of sp³-hybridized carbons (Fsp3) is 0.955. The second kappa shape index (κ2) is 5.32. The van der Waals surface area contributed by atoms with E-state index in [1.54, 1.807) is 0 Å². The monoisotopic (exact) mass is 330 g/mol. The minimum atomic E-state index is -0.0326. The summed E-state index contributed by atoms with van der Waals surface area (Å²) >= 11 is 0. The number of Topliss-reactive ketones (excluding diaryl/α,β-unsaturated/α-hetero) is 1. The molecule has 0 aromatic heterocycles. The van der Waals surface area contributed by atoms with E-state index in [2.05, 4.69) is 6.92 Å². The van der Waals surface area contributed by atoms with Crippen molar-refractivity contribution in [3.05, 3.63) is 0 Å². The second-order valence-corrected chi connectivity index (χ2v) is 10.4. The number of ketones is 1. The highest BCUT2D eigenvalue weighted by Crippen LogP contribution is 2.69. The molecule has 5 fully saturated rings. The maximum absolute atomic E-state index is 12.0. The van der Waals surface area contributed by atoms with Gasteiger partial charge in [-0.1, -0.05) is 6.92 Å². The van der Waals surface area contributed by atoms with Gasteiger partial charge in [0, 0.05) is 12.8 Å². The lowest BCUT2D eigenvalue weighted by Gasteiger charge is -2.62. The molecule has 0 heterocycles. The molecular formula is C22H34O2. The number of carbonyl (C=O) groups is 1. The van der Waals surface area contributed by atoms with Crippen molar-refractivity contribution >= 4 is 5.78 Å². The summed E-state index contributed by atoms with van der Waals surface area (Å²) in [6.45, 7) is 2.58. The summed E-state index contributed by atoms with van der Waals surface area (Å²) in [5, 5.41) is 10.2. The molecule has 8 atom stereocenters. The molecule has 134 valence electrons. The molecule has 0 bridgehead atoms. The van der Waals surface area contributed by atoms with Gasteiger partial charge in [-0.25, -0.2) is 0 Å². The molecule has 24 heavy (non-hydrogen) atoms. The van der Waals surface area contributed by atoms with E-state index in [1.165, 1.54) is 51.4 Å². The van der Waals surface area contributed by atoms with Gasteiger partial charge < -0.3 is 5.11 Å². The summed E-state index contributed by atoms with van der Waals surface area (Å²) in [6.07, 6.45) is 14.6. The fourth-order valence-corrected chi connectivity index (χ4v) is 8.72. The molecule has 5 aliphatic rings. The Balaban J connectivity index is 1.44. The lowest BCUT2D eigenvalue weighted by Crippen LogP contribution is -2.55. The molecular weight excluding hydrogens is 296 g/mol. The SMILES string of the molecule is C[C@]12CC[C@@H](O)C[C@H]1CC[C@H]1[C@@H]3CCC4CC(=O)CC[C@@]43CC[C@@H]12. The standard InChI is InChI=1S/C22H34O2/c1-21-9-6-16(23)12-14(21)2-4-18-19(21)8-11-22-10-7-17(24)13-15(22)3-5-20(18)22/h14-16,18-20,23H,2-13H2,1H3/t14-,15?,16-,18-,19+,20+,21+,22-/m1/s1. The lowest BCUT2D eigenvalue weighted by molar-refractivity contribution is -0.144. The molecule has 0 amide bonds. The molecule has 0 saturated heterocycles. The Bertz CT molecular complexity index is 542. The first-order valence-electron chi connectivity index (χ1n) is 10.7. The van der Waals surface area contributed by atoms with E-state index in [4.69, 9.17) is 0 Å². The van der Waals surface area contributed by atoms with Crippen molar-refractivity contribution in [3.63, 3.8) is 0 Å². The highest BCUT2D eigenvalue weighted by molar-refractivity contribution is 5.79. The number of fused-ring (bicyclic) bond motifs is 4. The molecule has 2 nitrogen and oxygen atoms in total. The van der Waals surface area contributed by atoms with Gasteiger partial charge in [-0.15, -0.1) is 0 Å². The van der Waals surface area contributed by atoms with E-state index in [0.717, 1.165) is 55.3 Å². The third kappa shape index (κ3) is 2.01. The third-order valence-corrected chi connectivity index (χ3v) is 9.88. The normalized spacial score (nSPS) is 56.8. The van der Waals surface area contributed by atoms with Crippen molar-refractivity contribution < 1.29 is 9.90 Å². The highest BCUT2D eigenvalue weighted by Gasteiger charge is 2.62. The van der Waals surface area contributed by atoms with E-state index < -0.39 is 0 Å². The quantitative estimate of drug-likeness (QED) is 0.696. The number of hydrogen-bond donors (Lipinski definition) is 1. The molecule has 0 aliphatic heterocycles. The van der Waals surface area contributed by atoms with Crippen LogP contribution in [0.3, 0.4) is 0 Å². The van der Waals surface area contributed by atoms with Crippen LogP contribution in [0, 0.1) is 40.4 Å². The van der Waals surface area contributed by atoms with Crippen molar-refractivity contribution in [2.45, 2.75) is 90.1 Å². The van der Waals surface area contributed by atoms with Crippen molar-refractivity contribution in [2.75, 3.05) is 0 Å². The van der Waals surface area contributed by atoms with Crippen LogP contribution >= 0.6 is 0 Å². The summed E-state index contributed by atoms with van der Waals surface area (Å²) in [4.78, 5) is 12.0. The molecule has 5 saturated carbocycles. The van der Waals surface area contributed by atoms with Gasteiger partial charge in [0.2, 0.25) is 0 Å². The zero-order chi connectivity index (χ0) is 16.5. The Hall–Kier alpha value is -0.370. The molecule has 5 rings (SSSR count). The molecule has 5 aliphatic carbocycles. The van der Waals surface area contributed by atoms with Gasteiger partial charge in [0.15, 0.2) is 0 Å². The van der Waals surface area contributed by atoms with Crippen molar-refractivity contribution in [2.24, 2.45) is 40.4 Å². The average Bonchev–Trinajstić information content (AvgIpc) is 2.94. The smallest absolute Gasteiger partial charge is 0.133 e. The van der Waals surface area contributed by atoms with Crippen LogP contribution in [0.5, 0.6) is 0 Å². The van der Waals surface area contributed by atoms with Crippen molar-refractivity contribution in [1.82, 2.24) is 0 Å². The molecule has 2 heteroatoms. The minimum Gasteiger partial charge on any atom is -0.393 e. The molecule has 1 N–H and O–H groups in total. The summed E-state index contributed by atoms with van der Waals surface area (Å²) in [7, 11) is 0. The van der Waals surface area contributed by atoms with E-state index >= 15 is 0 Å². The maximum Gasteiger partial charge on any atom is 0.133 e. The Labute approximate surface area is 146 Å². The van der Waals surface area contributed by atoms with E-state index in [0.29, 0.717) is 16.6 Å². The molecule has 0 aromatic carbocycles. The van der Waals surface area contributed by atoms with Crippen LogP contribution in [0.1, 0.15) is 84.0 Å². The largest absolute Gasteiger partial charge is 0.393 e. The Kier molecular flexibility index (Phi) is 3.51. The second-order valence-electron chi connectivity index (χ2n) is 10.4. The first kappa shape index (κ1) is 15.9. The third-order valence-electron chi connectivity index (χ3n) is 9.88. The van der Waals surface area contributed by atoms with Crippen molar-refractivity contribution in [3.8, 4) is 0 Å². The predicted octanol–water partition coefficient (Wildman–Crippen LogP) is 4.74. The van der Waals surface area contributed by atoms with Crippen LogP contribution in [-0.4, -0.2) is 17.0 Å². The summed E-state index contributed by atoms with van der Waals surface area (Å²) < 4.78 is 0. The average molecular weight is 331 g/mol. The Morgan fingerprint density at radius 1 is 0.917 bits per heavy atom. The number of aliphatic hydroxyl groups is 1. The Morgan fingerprint density at radius 3 is 2.62 bits per heavy atom. The van der Waals surface area contributed by atoms with Crippen LogP contribution in [0.15, 0.2) is 0 Å². The predicted molar refractivity (Wildman–Crippen MR) is 94.4 cm³/mol. The lowest BCUT2D eigenvalue weighted by atomic mass is 9.43. The number of carbonyl (C=O) groups excluding carboxylic acids is 1. The van der Waals surface area contributed by atoms with E-state index in [-0.39, 0.29) is 6.10 Å². The minimum absolute atomic E-state index is 0.0326. The van der Waals surface area contributed by atoms with Gasteiger partial charge in [0.05, 0.1) is 6.10 Å². The van der Waals surface area contributed by atoms with Crippen LogP contribution in [0.25, 0.3) is 0 Å². The summed E-state index contributed by atoms with van der Waals surface area (Å²) in [5.74, 6) is 4.78. The molecule has 1 spiro atoms. The van der Waals surface area contributed by atoms with Gasteiger partial charge in [-0.3, -0.25) is 4.79 Å². The highest BCUT2D eigenvalue weighted by atomic mass is 16.3. The molecule has 0 radical (unpaired) electrons. The van der Waals surface area contributed by atoms with Gasteiger partial charge in [-0.05, 0) is 105 Å². The summed E-state index contributed by atoms with van der Waals surface area (Å²) in [6, 6.07) is 0. The first-order valence-corrected chi connectivity index (χ1v) is 10.7. The zero-order valence-corrected chi connectivity index (χ0v) is 15.3. The Morgan fingerprint density at radius 2 is 1.75 bits per heavy atom. The van der Waals surface area contributed by atoms with Crippen LogP contribution in [-0.2, 0) is 4.79 Å². The van der Waals surface area contributed by atoms with Crippen molar-refractivity contribution in [1.29, 1.82) is 0 Å². The van der Waals surface area contributed by atoms with Gasteiger partial charge >= 0.3 is 0 Å². The van der Waals surface area contributed by atoms with Crippen LogP contribution in [0.2, 0.25) is 0 Å². The summed E-state index contributed by atoms with van der Waals surface area (Å²) in [5.41, 5.74) is 1.04. The topological polar surface area (TPSA) is 37.3 Å². The molecule has 1 unspecified atom stereocenters. The van der Waals surface area contributed by atoms with E-state index in [1.807, 2.05) is 0 Å². The van der Waals surface area contributed by atoms with E-state index in [9.17, 15) is 9.90 Å². The van der Waals surface area contributed by atoms with Gasteiger partial charge in [-0.2, -0.15) is 0 Å². The fourth-order valence-electron chi connectivity index (χ4n) is 8.72. The van der Waals surface area contributed by atoms with Crippen LogP contribution < -0.4 is 0 Å². The number of hydrogen-bond acceptors (Lipinski definition) is 2. The maximum atomic E-state index is 12.0. The zero-order valence-electron chi connectivity index (χ0n) is 15.3. The van der Waals surface area contributed by atoms with Gasteiger partial charge in [0.1, 0.15) is 5.78 Å². The molecule has 0 aromatic rings. The first-order chi connectivity index (χ1) is 11.5.